The quantitative estimate of drug-likeness (QED) is 0.293. The molecule has 0 aliphatic carbocycles. The maximum atomic E-state index is 12.7. The lowest BCUT2D eigenvalue weighted by Gasteiger charge is -2.15. The molecule has 1 amide bonds. The van der Waals surface area contributed by atoms with E-state index in [2.05, 4.69) is 15.4 Å². The number of carbonyl (C=O) groups excluding carboxylic acids is 1. The van der Waals surface area contributed by atoms with Crippen molar-refractivity contribution in [1.82, 2.24) is 24.8 Å². The smallest absolute Gasteiger partial charge is 0.394 e. The Hall–Kier alpha value is -3.01. The van der Waals surface area contributed by atoms with Crippen molar-refractivity contribution < 1.29 is 29.8 Å². The zero-order chi connectivity index (χ0) is 19.2. The summed E-state index contributed by atoms with van der Waals surface area (Å²) in [4.78, 5) is 34.0. The molecule has 5 N–H and O–H groups in total. The van der Waals surface area contributed by atoms with Gasteiger partial charge in [0, 0.05) is 0 Å². The summed E-state index contributed by atoms with van der Waals surface area (Å²) in [5.41, 5.74) is 3.09. The van der Waals surface area contributed by atoms with Gasteiger partial charge in [0.05, 0.1) is 11.7 Å². The van der Waals surface area contributed by atoms with E-state index < -0.39 is 70.9 Å². The molecule has 2 aromatic rings. The number of aliphatic hydroxyl groups excluding tert-OH is 3. The van der Waals surface area contributed by atoms with Gasteiger partial charge < -0.3 is 35.9 Å². The predicted molar refractivity (Wildman–Crippen MR) is 78.4 cm³/mol. The summed E-state index contributed by atoms with van der Waals surface area (Å²) < 4.78 is 6.42. The second-order valence-electron chi connectivity index (χ2n) is 5.47. The zero-order valence-electron chi connectivity index (χ0n) is 12.9. The van der Waals surface area contributed by atoms with Crippen LogP contribution in [0.3, 0.4) is 0 Å². The van der Waals surface area contributed by atoms with Crippen LogP contribution in [0.1, 0.15) is 6.23 Å². The van der Waals surface area contributed by atoms with E-state index in [1.54, 1.807) is 0 Å². The molecule has 1 fully saturated rings. The van der Waals surface area contributed by atoms with Gasteiger partial charge in [-0.1, -0.05) is 5.21 Å². The van der Waals surface area contributed by atoms with Crippen LogP contribution in [-0.4, -0.2) is 75.8 Å². The average Bonchev–Trinajstić information content (AvgIpc) is 3.07. The van der Waals surface area contributed by atoms with Gasteiger partial charge in [0.15, 0.2) is 11.7 Å². The van der Waals surface area contributed by atoms with E-state index >= 15 is 0 Å². The number of rotatable bonds is 5. The molecule has 2 aromatic heterocycles. The number of aromatic nitrogens is 5. The molecule has 15 nitrogen and oxygen atoms in total. The Morgan fingerprint density at radius 1 is 1.38 bits per heavy atom. The number of primary amides is 1. The number of ether oxygens (including phenoxy) is 1. The number of carbonyl (C=O) groups is 1. The van der Waals surface area contributed by atoms with E-state index in [1.165, 1.54) is 0 Å². The molecule has 4 atom stereocenters. The molecule has 0 spiro atoms. The average molecular weight is 371 g/mol. The molecule has 0 bridgehead atoms. The van der Waals surface area contributed by atoms with E-state index in [0.717, 1.165) is 0 Å². The Bertz CT molecular complexity index is 939. The maximum Gasteiger partial charge on any atom is 0.418 e. The van der Waals surface area contributed by atoms with Crippen LogP contribution in [0.15, 0.2) is 4.79 Å². The number of fused-ring (bicyclic) bond motifs is 1. The summed E-state index contributed by atoms with van der Waals surface area (Å²) >= 11 is 0. The fourth-order valence-corrected chi connectivity index (χ4v) is 2.62. The number of nitrogens with two attached hydrogens (primary N) is 1. The third kappa shape index (κ3) is 2.68. The SMILES string of the molecule is NC(=O)Cn1nc([N+](=O)[O-])c2nnn(C3OC(CO)C(O)C3O)c(=O)c21. The first-order valence-electron chi connectivity index (χ1n) is 7.17. The van der Waals surface area contributed by atoms with E-state index in [-0.39, 0.29) is 0 Å². The summed E-state index contributed by atoms with van der Waals surface area (Å²) in [6, 6.07) is 0. The first kappa shape index (κ1) is 17.8. The lowest BCUT2D eigenvalue weighted by Crippen LogP contribution is -2.37. The third-order valence-electron chi connectivity index (χ3n) is 3.80. The van der Waals surface area contributed by atoms with Gasteiger partial charge in [0.1, 0.15) is 24.9 Å². The van der Waals surface area contributed by atoms with Gasteiger partial charge in [0.2, 0.25) is 11.4 Å². The molecule has 1 saturated heterocycles. The van der Waals surface area contributed by atoms with Crippen molar-refractivity contribution in [2.24, 2.45) is 5.73 Å². The van der Waals surface area contributed by atoms with Crippen LogP contribution in [0, 0.1) is 10.1 Å². The summed E-state index contributed by atoms with van der Waals surface area (Å²) in [6.07, 6.45) is -5.81. The van der Waals surface area contributed by atoms with Crippen LogP contribution >= 0.6 is 0 Å². The van der Waals surface area contributed by atoms with E-state index in [4.69, 9.17) is 15.6 Å². The highest BCUT2D eigenvalue weighted by molar-refractivity contribution is 5.83. The highest BCUT2D eigenvalue weighted by Crippen LogP contribution is 2.28. The zero-order valence-corrected chi connectivity index (χ0v) is 12.9. The Balaban J connectivity index is 2.18. The van der Waals surface area contributed by atoms with Crippen molar-refractivity contribution in [2.75, 3.05) is 6.61 Å². The summed E-state index contributed by atoms with van der Waals surface area (Å²) in [6.45, 7) is -1.27. The summed E-state index contributed by atoms with van der Waals surface area (Å²) in [5.74, 6) is -1.72. The normalized spacial score (nSPS) is 25.7. The Labute approximate surface area is 142 Å². The second-order valence-corrected chi connectivity index (χ2v) is 5.47. The van der Waals surface area contributed by atoms with Crippen LogP contribution in [0.5, 0.6) is 0 Å². The maximum absolute atomic E-state index is 12.7. The lowest BCUT2D eigenvalue weighted by molar-refractivity contribution is -0.388. The molecule has 140 valence electrons. The van der Waals surface area contributed by atoms with Crippen LogP contribution in [0.2, 0.25) is 0 Å². The topological polar surface area (TPSA) is 222 Å². The van der Waals surface area contributed by atoms with Gasteiger partial charge in [-0.2, -0.15) is 9.36 Å². The molecule has 0 aromatic carbocycles. The molecular weight excluding hydrogens is 358 g/mol. The number of nitro groups is 1. The van der Waals surface area contributed by atoms with Crippen molar-refractivity contribution in [3.63, 3.8) is 0 Å². The van der Waals surface area contributed by atoms with Crippen LogP contribution in [0.4, 0.5) is 5.82 Å². The Morgan fingerprint density at radius 2 is 2.08 bits per heavy atom. The van der Waals surface area contributed by atoms with E-state index in [0.29, 0.717) is 9.36 Å². The van der Waals surface area contributed by atoms with Crippen LogP contribution in [0.25, 0.3) is 11.0 Å². The number of nitrogens with zero attached hydrogens (tertiary/aromatic N) is 6. The third-order valence-corrected chi connectivity index (χ3v) is 3.80. The van der Waals surface area contributed by atoms with Gasteiger partial charge in [-0.25, -0.2) is 0 Å². The molecule has 4 unspecified atom stereocenters. The highest BCUT2D eigenvalue weighted by Gasteiger charge is 2.45. The number of hydrogen-bond donors (Lipinski definition) is 4. The first-order chi connectivity index (χ1) is 12.3. The highest BCUT2D eigenvalue weighted by atomic mass is 16.6. The van der Waals surface area contributed by atoms with Crippen molar-refractivity contribution >= 4 is 22.8 Å². The largest absolute Gasteiger partial charge is 0.418 e. The minimum absolute atomic E-state index is 0.455. The molecular formula is C11H13N7O8. The van der Waals surface area contributed by atoms with E-state index in [1.807, 2.05) is 0 Å². The number of hydrogen-bond acceptors (Lipinski definition) is 11. The molecule has 1 aliphatic rings. The first-order valence-corrected chi connectivity index (χ1v) is 7.17. The fourth-order valence-electron chi connectivity index (χ4n) is 2.62. The Kier molecular flexibility index (Phi) is 4.36. The summed E-state index contributed by atoms with van der Waals surface area (Å²) in [5, 5.41) is 50.5. The van der Waals surface area contributed by atoms with E-state index in [9.17, 15) is 29.9 Å². The molecule has 0 saturated carbocycles. The number of aliphatic hydroxyl groups is 3. The predicted octanol–water partition coefficient (Wildman–Crippen LogP) is -4.01. The van der Waals surface area contributed by atoms with Gasteiger partial charge in [-0.3, -0.25) is 9.59 Å². The summed E-state index contributed by atoms with van der Waals surface area (Å²) in [7, 11) is 0. The van der Waals surface area contributed by atoms with Crippen LogP contribution in [-0.2, 0) is 16.1 Å². The minimum Gasteiger partial charge on any atom is -0.394 e. The minimum atomic E-state index is -1.63. The molecule has 3 rings (SSSR count). The fraction of sp³-hybridized carbons (Fsp3) is 0.545. The van der Waals surface area contributed by atoms with Gasteiger partial charge in [0.25, 0.3) is 0 Å². The van der Waals surface area contributed by atoms with Crippen molar-refractivity contribution in [2.45, 2.75) is 31.1 Å². The van der Waals surface area contributed by atoms with Crippen LogP contribution < -0.4 is 11.3 Å². The molecule has 0 radical (unpaired) electrons. The van der Waals surface area contributed by atoms with Crippen molar-refractivity contribution in [3.8, 4) is 0 Å². The molecule has 26 heavy (non-hydrogen) atoms. The van der Waals surface area contributed by atoms with Gasteiger partial charge in [-0.15, -0.1) is 5.10 Å². The lowest BCUT2D eigenvalue weighted by atomic mass is 10.1. The second kappa shape index (κ2) is 6.37. The van der Waals surface area contributed by atoms with Crippen molar-refractivity contribution in [3.05, 3.63) is 20.5 Å². The van der Waals surface area contributed by atoms with Gasteiger partial charge in [-0.05, 0) is 4.92 Å². The number of amides is 1. The van der Waals surface area contributed by atoms with Gasteiger partial charge >= 0.3 is 11.4 Å². The molecule has 15 heteroatoms. The Morgan fingerprint density at radius 3 is 2.62 bits per heavy atom. The molecule has 1 aliphatic heterocycles. The van der Waals surface area contributed by atoms with Crippen molar-refractivity contribution in [1.29, 1.82) is 0 Å². The molecule has 3 heterocycles. The standard InChI is InChI=1S/C11H13N7O8/c12-4(20)1-16-6-5(9(14-16)18(24)25)13-15-17(10(6)23)11-8(22)7(21)3(2-19)26-11/h3,7-8,11,19,21-22H,1-2H2,(H2,12,20). The monoisotopic (exact) mass is 371 g/mol.